The molecule has 1 aliphatic heterocycles. The molecule has 2 heterocycles. The lowest BCUT2D eigenvalue weighted by Gasteiger charge is -2.15. The Morgan fingerprint density at radius 2 is 2.10 bits per heavy atom. The van der Waals surface area contributed by atoms with Gasteiger partial charge in [-0.1, -0.05) is 12.1 Å². The van der Waals surface area contributed by atoms with E-state index in [9.17, 15) is 8.78 Å². The minimum Gasteiger partial charge on any atom is -0.490 e. The average molecular weight is 536 g/mol. The van der Waals surface area contributed by atoms with Crippen LogP contribution in [0.2, 0.25) is 0 Å². The summed E-state index contributed by atoms with van der Waals surface area (Å²) in [6.07, 6.45) is 2.03. The summed E-state index contributed by atoms with van der Waals surface area (Å²) < 4.78 is 38.0. The average Bonchev–Trinajstić information content (AvgIpc) is 3.30. The lowest BCUT2D eigenvalue weighted by Crippen LogP contribution is -2.37. The zero-order chi connectivity index (χ0) is 20.6. The van der Waals surface area contributed by atoms with Gasteiger partial charge in [-0.15, -0.1) is 34.2 Å². The van der Waals surface area contributed by atoms with Crippen molar-refractivity contribution in [2.45, 2.75) is 52.9 Å². The van der Waals surface area contributed by atoms with Gasteiger partial charge < -0.3 is 24.7 Å². The fourth-order valence-electron chi connectivity index (χ4n) is 3.19. The molecule has 1 aromatic heterocycles. The SMILES string of the molecule is CCNC(=NCc1cccc(OCC)c1OC(F)F)NCc1nnc2n1CCC2.I. The molecule has 0 atom stereocenters. The number of ether oxygens (including phenoxy) is 2. The molecule has 0 bridgehead atoms. The summed E-state index contributed by atoms with van der Waals surface area (Å²) in [5.74, 6) is 2.69. The van der Waals surface area contributed by atoms with Crippen molar-refractivity contribution in [1.82, 2.24) is 25.4 Å². The van der Waals surface area contributed by atoms with Gasteiger partial charge in [0.1, 0.15) is 5.82 Å². The first kappa shape index (κ1) is 24.1. The molecule has 0 spiro atoms. The maximum atomic E-state index is 12.9. The van der Waals surface area contributed by atoms with Gasteiger partial charge in [-0.25, -0.2) is 4.99 Å². The standard InChI is InChI=1S/C19H26F2N6O2.HI/c1-3-22-19(24-12-16-26-25-15-9-6-10-27(15)16)23-11-13-7-5-8-14(28-4-2)17(13)29-18(20)21;/h5,7-8,18H,3-4,6,9-12H2,1-2H3,(H2,22,23,24);1H. The first-order valence-electron chi connectivity index (χ1n) is 9.75. The molecular formula is C19H27F2IN6O2. The zero-order valence-corrected chi connectivity index (χ0v) is 19.4. The lowest BCUT2D eigenvalue weighted by molar-refractivity contribution is -0.0520. The van der Waals surface area contributed by atoms with Crippen molar-refractivity contribution in [3.8, 4) is 11.5 Å². The minimum absolute atomic E-state index is 0. The Morgan fingerprint density at radius 1 is 1.27 bits per heavy atom. The third-order valence-corrected chi connectivity index (χ3v) is 4.42. The van der Waals surface area contributed by atoms with Gasteiger partial charge in [0.2, 0.25) is 0 Å². The number of nitrogens with one attached hydrogen (secondary N) is 2. The van der Waals surface area contributed by atoms with Gasteiger partial charge in [-0.2, -0.15) is 8.78 Å². The number of halogens is 3. The topological polar surface area (TPSA) is 85.6 Å². The Morgan fingerprint density at radius 3 is 2.83 bits per heavy atom. The molecule has 0 unspecified atom stereocenters. The second-order valence-corrected chi connectivity index (χ2v) is 6.39. The van der Waals surface area contributed by atoms with E-state index in [1.54, 1.807) is 25.1 Å². The number of guanidine groups is 1. The number of aryl methyl sites for hydroxylation is 1. The Labute approximate surface area is 191 Å². The number of hydrogen-bond donors (Lipinski definition) is 2. The van der Waals surface area contributed by atoms with Crippen LogP contribution >= 0.6 is 24.0 Å². The third-order valence-electron chi connectivity index (χ3n) is 4.42. The van der Waals surface area contributed by atoms with E-state index in [1.165, 1.54) is 0 Å². The van der Waals surface area contributed by atoms with E-state index in [2.05, 4.69) is 30.4 Å². The summed E-state index contributed by atoms with van der Waals surface area (Å²) in [6, 6.07) is 5.02. The molecule has 2 N–H and O–H groups in total. The largest absolute Gasteiger partial charge is 0.490 e. The van der Waals surface area contributed by atoms with Gasteiger partial charge >= 0.3 is 6.61 Å². The highest BCUT2D eigenvalue weighted by Gasteiger charge is 2.18. The van der Waals surface area contributed by atoms with Gasteiger partial charge in [0, 0.05) is 25.1 Å². The normalized spacial score (nSPS) is 13.0. The number of rotatable bonds is 9. The van der Waals surface area contributed by atoms with Gasteiger partial charge in [-0.3, -0.25) is 0 Å². The maximum absolute atomic E-state index is 12.9. The predicted octanol–water partition coefficient (Wildman–Crippen LogP) is 3.10. The highest BCUT2D eigenvalue weighted by molar-refractivity contribution is 14.0. The molecule has 0 fully saturated rings. The van der Waals surface area contributed by atoms with Crippen LogP contribution in [-0.4, -0.2) is 40.5 Å². The third kappa shape index (κ3) is 6.16. The minimum atomic E-state index is -2.94. The molecule has 0 saturated carbocycles. The molecule has 2 aromatic rings. The molecule has 1 aromatic carbocycles. The predicted molar refractivity (Wildman–Crippen MR) is 120 cm³/mol. The molecular weight excluding hydrogens is 509 g/mol. The van der Waals surface area contributed by atoms with E-state index in [0.29, 0.717) is 31.2 Å². The smallest absolute Gasteiger partial charge is 0.387 e. The van der Waals surface area contributed by atoms with Gasteiger partial charge in [0.15, 0.2) is 23.3 Å². The number of alkyl halides is 2. The zero-order valence-electron chi connectivity index (χ0n) is 17.0. The van der Waals surface area contributed by atoms with Crippen LogP contribution in [0.5, 0.6) is 11.5 Å². The fraction of sp³-hybridized carbons (Fsp3) is 0.526. The van der Waals surface area contributed by atoms with Crippen LogP contribution in [0.4, 0.5) is 8.78 Å². The monoisotopic (exact) mass is 536 g/mol. The van der Waals surface area contributed by atoms with E-state index < -0.39 is 6.61 Å². The van der Waals surface area contributed by atoms with Crippen molar-refractivity contribution in [2.75, 3.05) is 13.2 Å². The van der Waals surface area contributed by atoms with E-state index in [4.69, 9.17) is 9.47 Å². The van der Waals surface area contributed by atoms with Crippen LogP contribution in [-0.2, 0) is 26.1 Å². The number of fused-ring (bicyclic) bond motifs is 1. The van der Waals surface area contributed by atoms with Gasteiger partial charge in [-0.05, 0) is 26.3 Å². The Bertz CT molecular complexity index is 846. The quantitative estimate of drug-likeness (QED) is 0.291. The summed E-state index contributed by atoms with van der Waals surface area (Å²) >= 11 is 0. The number of nitrogens with zero attached hydrogens (tertiary/aromatic N) is 4. The Kier molecular flexibility index (Phi) is 9.53. The van der Waals surface area contributed by atoms with Crippen molar-refractivity contribution in [2.24, 2.45) is 4.99 Å². The number of hydrogen-bond acceptors (Lipinski definition) is 5. The lowest BCUT2D eigenvalue weighted by atomic mass is 10.2. The summed E-state index contributed by atoms with van der Waals surface area (Å²) in [6.45, 7) is 3.33. The van der Waals surface area contributed by atoms with Crippen molar-refractivity contribution < 1.29 is 18.3 Å². The summed E-state index contributed by atoms with van der Waals surface area (Å²) in [5.41, 5.74) is 0.511. The molecule has 0 saturated heterocycles. The number of aliphatic imine (C=N–C) groups is 1. The van der Waals surface area contributed by atoms with Crippen molar-refractivity contribution in [1.29, 1.82) is 0 Å². The molecule has 0 radical (unpaired) electrons. The molecule has 166 valence electrons. The molecule has 1 aliphatic rings. The van der Waals surface area contributed by atoms with E-state index in [0.717, 1.165) is 31.0 Å². The van der Waals surface area contributed by atoms with E-state index in [-0.39, 0.29) is 42.0 Å². The summed E-state index contributed by atoms with van der Waals surface area (Å²) in [5, 5.41) is 14.8. The first-order valence-corrected chi connectivity index (χ1v) is 9.75. The number of aromatic nitrogens is 3. The molecule has 0 aliphatic carbocycles. The van der Waals surface area contributed by atoms with Gasteiger partial charge in [0.25, 0.3) is 0 Å². The van der Waals surface area contributed by atoms with E-state index >= 15 is 0 Å². The van der Waals surface area contributed by atoms with Crippen LogP contribution in [0.3, 0.4) is 0 Å². The highest BCUT2D eigenvalue weighted by atomic mass is 127. The van der Waals surface area contributed by atoms with Crippen LogP contribution < -0.4 is 20.1 Å². The van der Waals surface area contributed by atoms with Crippen molar-refractivity contribution >= 4 is 29.9 Å². The van der Waals surface area contributed by atoms with E-state index in [1.807, 2.05) is 6.92 Å². The van der Waals surface area contributed by atoms with Crippen molar-refractivity contribution in [3.63, 3.8) is 0 Å². The summed E-state index contributed by atoms with van der Waals surface area (Å²) in [4.78, 5) is 4.50. The van der Waals surface area contributed by atoms with Crippen LogP contribution in [0.25, 0.3) is 0 Å². The van der Waals surface area contributed by atoms with Crippen LogP contribution in [0.1, 0.15) is 37.5 Å². The molecule has 3 rings (SSSR count). The molecule has 8 nitrogen and oxygen atoms in total. The van der Waals surface area contributed by atoms with Gasteiger partial charge in [0.05, 0.1) is 19.7 Å². The molecule has 0 amide bonds. The van der Waals surface area contributed by atoms with Crippen LogP contribution in [0, 0.1) is 0 Å². The first-order chi connectivity index (χ1) is 14.1. The second kappa shape index (κ2) is 11.9. The Balaban J connectivity index is 0.00000320. The number of benzene rings is 1. The van der Waals surface area contributed by atoms with Crippen molar-refractivity contribution in [3.05, 3.63) is 35.4 Å². The fourth-order valence-corrected chi connectivity index (χ4v) is 3.19. The van der Waals surface area contributed by atoms with Crippen LogP contribution in [0.15, 0.2) is 23.2 Å². The maximum Gasteiger partial charge on any atom is 0.387 e. The summed E-state index contributed by atoms with van der Waals surface area (Å²) in [7, 11) is 0. The molecule has 30 heavy (non-hydrogen) atoms. The number of para-hydroxylation sites is 1. The second-order valence-electron chi connectivity index (χ2n) is 6.39. The molecule has 11 heteroatoms. The Hall–Kier alpha value is -2.18. The highest BCUT2D eigenvalue weighted by Crippen LogP contribution is 2.33.